The Morgan fingerprint density at radius 3 is 0.977 bits per heavy atom. The molecule has 0 radical (unpaired) electrons. The van der Waals surface area contributed by atoms with Crippen molar-refractivity contribution in [3.05, 3.63) is 121 Å². The minimum absolute atomic E-state index is 1.31. The normalized spacial score (nSPS) is 13.5. The van der Waals surface area contributed by atoms with Gasteiger partial charge < -0.3 is 0 Å². The molecule has 0 amide bonds. The maximum absolute atomic E-state index is 2.49. The molecule has 0 aliphatic carbocycles. The first-order chi connectivity index (χ1) is 21.8. The predicted octanol–water partition coefficient (Wildman–Crippen LogP) is 12.7. The highest BCUT2D eigenvalue weighted by Crippen LogP contribution is 2.57. The Labute approximate surface area is 250 Å². The molecular weight excluding hydrogens is 528 g/mol. The molecule has 13 aromatic carbocycles. The lowest BCUT2D eigenvalue weighted by Gasteiger charge is -2.27. The van der Waals surface area contributed by atoms with E-state index >= 15 is 0 Å². The van der Waals surface area contributed by atoms with Gasteiger partial charge in [-0.1, -0.05) is 84.9 Å². The molecule has 0 heterocycles. The average Bonchev–Trinajstić information content (AvgIpc) is 3.06. The van der Waals surface area contributed by atoms with E-state index in [9.17, 15) is 0 Å². The average molecular weight is 549 g/mol. The maximum atomic E-state index is 2.49. The van der Waals surface area contributed by atoms with Crippen molar-refractivity contribution in [3.63, 3.8) is 0 Å². The molecule has 0 fully saturated rings. The van der Waals surface area contributed by atoms with E-state index in [1.807, 2.05) is 0 Å². The summed E-state index contributed by atoms with van der Waals surface area (Å²) in [6.45, 7) is 0. The maximum Gasteiger partial charge on any atom is -0.0000918 e. The second-order valence-corrected chi connectivity index (χ2v) is 13.2. The van der Waals surface area contributed by atoms with Crippen LogP contribution in [-0.2, 0) is 0 Å². The third-order valence-electron chi connectivity index (χ3n) is 11.2. The van der Waals surface area contributed by atoms with E-state index in [4.69, 9.17) is 0 Å². The molecule has 0 bridgehead atoms. The quantitative estimate of drug-likeness (QED) is 0.131. The van der Waals surface area contributed by atoms with Gasteiger partial charge in [0.15, 0.2) is 0 Å². The fraction of sp³-hybridized carbons (Fsp3) is 0. The third kappa shape index (κ3) is 2.05. The number of benzene rings is 13. The first-order valence-electron chi connectivity index (χ1n) is 15.6. The van der Waals surface area contributed by atoms with Gasteiger partial charge in [0, 0.05) is 0 Å². The molecule has 13 aromatic rings. The van der Waals surface area contributed by atoms with Crippen molar-refractivity contribution in [1.82, 2.24) is 0 Å². The molecule has 0 atom stereocenters. The highest BCUT2D eigenvalue weighted by atomic mass is 14.3. The molecule has 0 saturated heterocycles. The Kier molecular flexibility index (Phi) is 3.15. The van der Waals surface area contributed by atoms with E-state index in [0.717, 1.165) is 0 Å². The molecule has 0 aromatic heterocycles. The van der Waals surface area contributed by atoms with Crippen molar-refractivity contribution in [1.29, 1.82) is 0 Å². The lowest BCUT2D eigenvalue weighted by atomic mass is 9.75. The van der Waals surface area contributed by atoms with Crippen LogP contribution in [0.3, 0.4) is 0 Å². The van der Waals surface area contributed by atoms with Crippen LogP contribution in [0.2, 0.25) is 0 Å². The van der Waals surface area contributed by atoms with E-state index in [2.05, 4.69) is 121 Å². The van der Waals surface area contributed by atoms with Crippen molar-refractivity contribution < 1.29 is 0 Å². The van der Waals surface area contributed by atoms with Gasteiger partial charge in [-0.2, -0.15) is 0 Å². The largest absolute Gasteiger partial charge is 0.0616 e. The van der Waals surface area contributed by atoms with Crippen LogP contribution in [-0.4, -0.2) is 0 Å². The van der Waals surface area contributed by atoms with E-state index in [1.54, 1.807) is 0 Å². The Hall–Kier alpha value is -5.72. The highest BCUT2D eigenvalue weighted by molar-refractivity contribution is 6.57. The van der Waals surface area contributed by atoms with Gasteiger partial charge in [0.2, 0.25) is 0 Å². The van der Waals surface area contributed by atoms with Crippen LogP contribution in [0.15, 0.2) is 121 Å². The van der Waals surface area contributed by atoms with Crippen LogP contribution < -0.4 is 0 Å². The molecule has 0 nitrogen and oxygen atoms in total. The van der Waals surface area contributed by atoms with Crippen LogP contribution in [0, 0.1) is 0 Å². The van der Waals surface area contributed by atoms with Crippen LogP contribution in [0.25, 0.3) is 129 Å². The molecule has 13 rings (SSSR count). The summed E-state index contributed by atoms with van der Waals surface area (Å²) in [5.74, 6) is 0. The zero-order valence-electron chi connectivity index (χ0n) is 23.5. The van der Waals surface area contributed by atoms with Crippen LogP contribution in [0.1, 0.15) is 0 Å². The molecule has 0 unspecified atom stereocenters. The minimum Gasteiger partial charge on any atom is -0.0616 e. The molecule has 0 heteroatoms. The van der Waals surface area contributed by atoms with Gasteiger partial charge in [-0.25, -0.2) is 0 Å². The monoisotopic (exact) mass is 548 g/mol. The first-order valence-corrected chi connectivity index (χ1v) is 15.6. The van der Waals surface area contributed by atoms with Crippen LogP contribution in [0.4, 0.5) is 0 Å². The minimum atomic E-state index is 1.31. The Morgan fingerprint density at radius 1 is 0.182 bits per heavy atom. The number of hydrogen-bond acceptors (Lipinski definition) is 0. The van der Waals surface area contributed by atoms with Crippen molar-refractivity contribution in [2.24, 2.45) is 0 Å². The van der Waals surface area contributed by atoms with Gasteiger partial charge in [-0.3, -0.25) is 0 Å². The smallest absolute Gasteiger partial charge is 0.0000918 e. The molecular formula is C44H20. The number of hydrogen-bond donors (Lipinski definition) is 0. The van der Waals surface area contributed by atoms with E-state index in [0.29, 0.717) is 0 Å². The number of fused-ring (bicyclic) bond motifs is 6. The fourth-order valence-corrected chi connectivity index (χ4v) is 9.79. The van der Waals surface area contributed by atoms with E-state index < -0.39 is 0 Å². The Morgan fingerprint density at radius 2 is 0.500 bits per heavy atom. The summed E-state index contributed by atoms with van der Waals surface area (Å²) in [5.41, 5.74) is 0. The molecule has 196 valence electrons. The Bertz CT molecular complexity index is 3130. The van der Waals surface area contributed by atoms with Gasteiger partial charge in [0.05, 0.1) is 0 Å². The van der Waals surface area contributed by atoms with E-state index in [-0.39, 0.29) is 0 Å². The SMILES string of the molecule is c1ccc2c(c1)cc1cc3cc4cccc5c4c4c3c3c1c2c1cccc2cc6cc7cc8ccccc8c5c7c4c6c3c21. The van der Waals surface area contributed by atoms with Crippen molar-refractivity contribution in [2.45, 2.75) is 0 Å². The topological polar surface area (TPSA) is 0 Å². The predicted molar refractivity (Wildman–Crippen MR) is 192 cm³/mol. The summed E-state index contributed by atoms with van der Waals surface area (Å²) in [5, 5.41) is 33.3. The van der Waals surface area contributed by atoms with Crippen LogP contribution in [0.5, 0.6) is 0 Å². The van der Waals surface area contributed by atoms with Crippen molar-refractivity contribution >= 4 is 129 Å². The molecule has 0 aliphatic heterocycles. The standard InChI is InChI=1S/C44H20/c1-3-11-29-21(7-1)15-25-19-27-17-24-10-6-14-32-34(24)42-37(27)43-35(25)39(29)31-13-5-9-23-18-28-20-26-16-22-8-2-4-12-30(22)40(32)36(26)44(42)38(28)41(43)33(23)31/h1-20H. The molecule has 0 N–H and O–H groups in total. The third-order valence-corrected chi connectivity index (χ3v) is 11.2. The zero-order valence-corrected chi connectivity index (χ0v) is 23.5. The lowest BCUT2D eigenvalue weighted by molar-refractivity contribution is 1.80. The molecule has 44 heavy (non-hydrogen) atoms. The summed E-state index contributed by atoms with van der Waals surface area (Å²) >= 11 is 0. The summed E-state index contributed by atoms with van der Waals surface area (Å²) in [6.07, 6.45) is 0. The van der Waals surface area contributed by atoms with Crippen LogP contribution >= 0.6 is 0 Å². The zero-order chi connectivity index (χ0) is 28.0. The highest BCUT2D eigenvalue weighted by Gasteiger charge is 2.28. The van der Waals surface area contributed by atoms with Crippen molar-refractivity contribution in [2.75, 3.05) is 0 Å². The molecule has 0 aliphatic rings. The van der Waals surface area contributed by atoms with Gasteiger partial charge in [0.1, 0.15) is 0 Å². The fourth-order valence-electron chi connectivity index (χ4n) is 9.79. The van der Waals surface area contributed by atoms with Gasteiger partial charge in [-0.15, -0.1) is 0 Å². The molecule has 0 saturated carbocycles. The van der Waals surface area contributed by atoms with Crippen molar-refractivity contribution in [3.8, 4) is 0 Å². The summed E-state index contributed by atoms with van der Waals surface area (Å²) in [6, 6.07) is 46.7. The summed E-state index contributed by atoms with van der Waals surface area (Å²) in [7, 11) is 0. The van der Waals surface area contributed by atoms with E-state index in [1.165, 1.54) is 129 Å². The second kappa shape index (κ2) is 6.59. The Balaban J connectivity index is 1.53. The number of rotatable bonds is 0. The summed E-state index contributed by atoms with van der Waals surface area (Å²) < 4.78 is 0. The lowest BCUT2D eigenvalue weighted by Crippen LogP contribution is -1.98. The second-order valence-electron chi connectivity index (χ2n) is 13.2. The first kappa shape index (κ1) is 21.0. The summed E-state index contributed by atoms with van der Waals surface area (Å²) in [4.78, 5) is 0. The van der Waals surface area contributed by atoms with Gasteiger partial charge >= 0.3 is 0 Å². The van der Waals surface area contributed by atoms with Gasteiger partial charge in [0.25, 0.3) is 0 Å². The molecule has 0 spiro atoms. The van der Waals surface area contributed by atoms with Gasteiger partial charge in [-0.05, 0) is 166 Å².